The number of likely N-dealkylation sites (N-methyl/N-ethyl adjacent to an activating group) is 1. The molecule has 2 aromatic heterocycles. The number of halogens is 1. The Morgan fingerprint density at radius 2 is 1.76 bits per heavy atom. The van der Waals surface area contributed by atoms with Crippen LogP contribution < -0.4 is 0 Å². The third-order valence-corrected chi connectivity index (χ3v) is 5.15. The molecule has 25 heavy (non-hydrogen) atoms. The van der Waals surface area contributed by atoms with Gasteiger partial charge in [0.15, 0.2) is 5.65 Å². The number of fused-ring (bicyclic) bond motifs is 1. The summed E-state index contributed by atoms with van der Waals surface area (Å²) >= 11 is 6.58. The van der Waals surface area contributed by atoms with Crippen LogP contribution in [-0.4, -0.2) is 69.5 Å². The fraction of sp³-hybridized carbons (Fsp3) is 0.389. The Kier molecular flexibility index (Phi) is 4.65. The van der Waals surface area contributed by atoms with Crippen LogP contribution in [0.1, 0.15) is 0 Å². The van der Waals surface area contributed by atoms with Crippen molar-refractivity contribution < 1.29 is 0 Å². The van der Waals surface area contributed by atoms with E-state index >= 15 is 0 Å². The first-order chi connectivity index (χ1) is 12.2. The summed E-state index contributed by atoms with van der Waals surface area (Å²) in [5.74, 6) is 0. The lowest BCUT2D eigenvalue weighted by atomic mass is 10.1. The SMILES string of the molecule is CN1CCN(CCn2ncc3c(Cl)c(-c4ccccc4)nnc32)CC1. The van der Waals surface area contributed by atoms with Crippen molar-refractivity contribution in [3.8, 4) is 11.3 Å². The van der Waals surface area contributed by atoms with E-state index in [1.807, 2.05) is 35.0 Å². The predicted molar refractivity (Wildman–Crippen MR) is 99.7 cm³/mol. The molecular weight excluding hydrogens is 336 g/mol. The third-order valence-electron chi connectivity index (χ3n) is 4.77. The number of hydrogen-bond acceptors (Lipinski definition) is 5. The van der Waals surface area contributed by atoms with Gasteiger partial charge in [0.05, 0.1) is 23.2 Å². The summed E-state index contributed by atoms with van der Waals surface area (Å²) in [5.41, 5.74) is 2.42. The maximum absolute atomic E-state index is 6.58. The van der Waals surface area contributed by atoms with Gasteiger partial charge in [-0.25, -0.2) is 4.68 Å². The Bertz CT molecular complexity index is 855. The average molecular weight is 357 g/mol. The van der Waals surface area contributed by atoms with E-state index in [2.05, 4.69) is 32.1 Å². The highest BCUT2D eigenvalue weighted by Gasteiger charge is 2.17. The number of hydrogen-bond donors (Lipinski definition) is 0. The second-order valence-corrected chi connectivity index (χ2v) is 6.86. The highest BCUT2D eigenvalue weighted by atomic mass is 35.5. The van der Waals surface area contributed by atoms with E-state index in [4.69, 9.17) is 11.6 Å². The zero-order chi connectivity index (χ0) is 17.2. The lowest BCUT2D eigenvalue weighted by molar-refractivity contribution is 0.149. The third kappa shape index (κ3) is 3.38. The molecule has 6 nitrogen and oxygen atoms in total. The Labute approximate surface area is 152 Å². The van der Waals surface area contributed by atoms with Gasteiger partial charge in [-0.1, -0.05) is 41.9 Å². The molecule has 130 valence electrons. The van der Waals surface area contributed by atoms with Crippen molar-refractivity contribution in [2.45, 2.75) is 6.54 Å². The van der Waals surface area contributed by atoms with Gasteiger partial charge in [-0.2, -0.15) is 5.10 Å². The van der Waals surface area contributed by atoms with Crippen molar-refractivity contribution in [3.05, 3.63) is 41.6 Å². The highest BCUT2D eigenvalue weighted by molar-refractivity contribution is 6.37. The van der Waals surface area contributed by atoms with Gasteiger partial charge in [0.1, 0.15) is 5.69 Å². The first-order valence-corrected chi connectivity index (χ1v) is 8.94. The lowest BCUT2D eigenvalue weighted by Crippen LogP contribution is -2.45. The summed E-state index contributed by atoms with van der Waals surface area (Å²) in [6.07, 6.45) is 1.79. The number of benzene rings is 1. The number of nitrogens with zero attached hydrogens (tertiary/aromatic N) is 6. The summed E-state index contributed by atoms with van der Waals surface area (Å²) in [7, 11) is 2.17. The molecule has 0 radical (unpaired) electrons. The molecule has 1 aliphatic rings. The zero-order valence-corrected chi connectivity index (χ0v) is 15.0. The first kappa shape index (κ1) is 16.4. The summed E-state index contributed by atoms with van der Waals surface area (Å²) in [4.78, 5) is 4.82. The molecular formula is C18H21ClN6. The number of piperazine rings is 1. The summed E-state index contributed by atoms with van der Waals surface area (Å²) in [6.45, 7) is 6.19. The monoisotopic (exact) mass is 356 g/mol. The molecule has 0 bridgehead atoms. The smallest absolute Gasteiger partial charge is 0.181 e. The summed E-state index contributed by atoms with van der Waals surface area (Å²) < 4.78 is 1.90. The van der Waals surface area contributed by atoms with Crippen LogP contribution in [0.25, 0.3) is 22.3 Å². The quantitative estimate of drug-likeness (QED) is 0.718. The van der Waals surface area contributed by atoms with Crippen LogP contribution in [0.2, 0.25) is 5.02 Å². The first-order valence-electron chi connectivity index (χ1n) is 8.56. The minimum atomic E-state index is 0.613. The Balaban J connectivity index is 1.55. The second kappa shape index (κ2) is 7.07. The number of aromatic nitrogens is 4. The Morgan fingerprint density at radius 1 is 1.00 bits per heavy atom. The fourth-order valence-corrected chi connectivity index (χ4v) is 3.44. The molecule has 0 amide bonds. The van der Waals surface area contributed by atoms with E-state index in [0.29, 0.717) is 10.7 Å². The van der Waals surface area contributed by atoms with E-state index in [1.165, 1.54) is 0 Å². The van der Waals surface area contributed by atoms with E-state index in [0.717, 1.165) is 55.9 Å². The van der Waals surface area contributed by atoms with E-state index in [1.54, 1.807) is 6.20 Å². The van der Waals surface area contributed by atoms with E-state index in [9.17, 15) is 0 Å². The van der Waals surface area contributed by atoms with Crippen LogP contribution >= 0.6 is 11.6 Å². The molecule has 0 unspecified atom stereocenters. The summed E-state index contributed by atoms with van der Waals surface area (Å²) in [5, 5.41) is 14.7. The van der Waals surface area contributed by atoms with Gasteiger partial charge >= 0.3 is 0 Å². The van der Waals surface area contributed by atoms with Gasteiger partial charge in [-0.3, -0.25) is 4.90 Å². The summed E-state index contributed by atoms with van der Waals surface area (Å²) in [6, 6.07) is 9.88. The fourth-order valence-electron chi connectivity index (χ4n) is 3.16. The van der Waals surface area contributed by atoms with Crippen molar-refractivity contribution >= 4 is 22.6 Å². The minimum Gasteiger partial charge on any atom is -0.304 e. The highest BCUT2D eigenvalue weighted by Crippen LogP contribution is 2.30. The van der Waals surface area contributed by atoms with Gasteiger partial charge < -0.3 is 4.90 Å². The van der Waals surface area contributed by atoms with Crippen molar-refractivity contribution in [3.63, 3.8) is 0 Å². The minimum absolute atomic E-state index is 0.613. The lowest BCUT2D eigenvalue weighted by Gasteiger charge is -2.32. The maximum Gasteiger partial charge on any atom is 0.181 e. The molecule has 1 aromatic carbocycles. The average Bonchev–Trinajstić information content (AvgIpc) is 3.06. The van der Waals surface area contributed by atoms with Crippen molar-refractivity contribution in [2.24, 2.45) is 0 Å². The van der Waals surface area contributed by atoms with Crippen LogP contribution in [0.4, 0.5) is 0 Å². The molecule has 0 aliphatic carbocycles. The maximum atomic E-state index is 6.58. The molecule has 0 atom stereocenters. The molecule has 3 heterocycles. The van der Waals surface area contributed by atoms with Gasteiger partial charge in [0.25, 0.3) is 0 Å². The molecule has 1 saturated heterocycles. The topological polar surface area (TPSA) is 50.1 Å². The Morgan fingerprint density at radius 3 is 2.52 bits per heavy atom. The zero-order valence-electron chi connectivity index (χ0n) is 14.3. The van der Waals surface area contributed by atoms with Gasteiger partial charge in [0, 0.05) is 38.3 Å². The molecule has 4 rings (SSSR count). The van der Waals surface area contributed by atoms with Crippen LogP contribution in [0.5, 0.6) is 0 Å². The normalized spacial score (nSPS) is 16.6. The standard InChI is InChI=1S/C18H21ClN6/c1-23-7-9-24(10-8-23)11-12-25-18-15(13-20-25)16(19)17(21-22-18)14-5-3-2-4-6-14/h2-6,13H,7-12H2,1H3. The van der Waals surface area contributed by atoms with Gasteiger partial charge in [-0.15, -0.1) is 10.2 Å². The van der Waals surface area contributed by atoms with Gasteiger partial charge in [0.2, 0.25) is 0 Å². The van der Waals surface area contributed by atoms with Crippen molar-refractivity contribution in [2.75, 3.05) is 39.8 Å². The molecule has 0 saturated carbocycles. The number of rotatable bonds is 4. The molecule has 1 aliphatic heterocycles. The van der Waals surface area contributed by atoms with Crippen molar-refractivity contribution in [1.29, 1.82) is 0 Å². The molecule has 7 heteroatoms. The Hall–Kier alpha value is -2.02. The van der Waals surface area contributed by atoms with Crippen LogP contribution in [0.15, 0.2) is 36.5 Å². The second-order valence-electron chi connectivity index (χ2n) is 6.48. The van der Waals surface area contributed by atoms with E-state index in [-0.39, 0.29) is 0 Å². The molecule has 1 fully saturated rings. The van der Waals surface area contributed by atoms with Crippen molar-refractivity contribution in [1.82, 2.24) is 29.8 Å². The predicted octanol–water partition coefficient (Wildman–Crippen LogP) is 2.39. The van der Waals surface area contributed by atoms with Crippen LogP contribution in [-0.2, 0) is 6.54 Å². The van der Waals surface area contributed by atoms with E-state index < -0.39 is 0 Å². The molecule has 0 N–H and O–H groups in total. The van der Waals surface area contributed by atoms with Crippen LogP contribution in [0, 0.1) is 0 Å². The van der Waals surface area contributed by atoms with Gasteiger partial charge in [-0.05, 0) is 7.05 Å². The molecule has 3 aromatic rings. The molecule has 0 spiro atoms. The van der Waals surface area contributed by atoms with Crippen LogP contribution in [0.3, 0.4) is 0 Å². The largest absolute Gasteiger partial charge is 0.304 e.